The number of hydrogen-bond donors (Lipinski definition) is 1. The quantitative estimate of drug-likeness (QED) is 0.868. The molecule has 1 fully saturated rings. The van der Waals surface area contributed by atoms with E-state index in [4.69, 9.17) is 4.74 Å². The Morgan fingerprint density at radius 1 is 1.47 bits per heavy atom. The van der Waals surface area contributed by atoms with Gasteiger partial charge in [0.15, 0.2) is 0 Å². The Labute approximate surface area is 103 Å². The highest BCUT2D eigenvalue weighted by molar-refractivity contribution is 5.35. The molecule has 1 aliphatic heterocycles. The maximum Gasteiger partial charge on any atom is 0.120 e. The van der Waals surface area contributed by atoms with E-state index in [9.17, 15) is 5.11 Å². The first-order valence-corrected chi connectivity index (χ1v) is 6.19. The van der Waals surface area contributed by atoms with E-state index in [0.717, 1.165) is 31.8 Å². The van der Waals surface area contributed by atoms with Gasteiger partial charge in [0.05, 0.1) is 6.61 Å². The fraction of sp³-hybridized carbons (Fsp3) is 0.571. The van der Waals surface area contributed by atoms with Crippen LogP contribution < -0.4 is 0 Å². The zero-order chi connectivity index (χ0) is 12.3. The number of rotatable bonds is 4. The Morgan fingerprint density at radius 2 is 2.29 bits per heavy atom. The standard InChI is InChI=1S/C14H21NO2/c1-11-3-4-14(16)13(7-11)9-15-6-5-12(8-15)10-17-2/h3-4,7,12,16H,5-6,8-10H2,1-2H3. The summed E-state index contributed by atoms with van der Waals surface area (Å²) in [5, 5.41) is 9.81. The van der Waals surface area contributed by atoms with Crippen LogP contribution in [0.1, 0.15) is 17.5 Å². The summed E-state index contributed by atoms with van der Waals surface area (Å²) in [5.41, 5.74) is 2.23. The minimum atomic E-state index is 0.408. The normalized spacial score (nSPS) is 20.9. The van der Waals surface area contributed by atoms with E-state index in [1.807, 2.05) is 6.07 Å². The van der Waals surface area contributed by atoms with Crippen LogP contribution in [0.2, 0.25) is 0 Å². The van der Waals surface area contributed by atoms with E-state index in [1.165, 1.54) is 12.0 Å². The van der Waals surface area contributed by atoms with Gasteiger partial charge in [0.25, 0.3) is 0 Å². The fourth-order valence-electron chi connectivity index (χ4n) is 2.51. The minimum absolute atomic E-state index is 0.408. The topological polar surface area (TPSA) is 32.7 Å². The van der Waals surface area contributed by atoms with Crippen LogP contribution in [0.4, 0.5) is 0 Å². The maximum atomic E-state index is 9.81. The molecule has 1 aromatic carbocycles. The van der Waals surface area contributed by atoms with Crippen LogP contribution in [0.3, 0.4) is 0 Å². The van der Waals surface area contributed by atoms with E-state index >= 15 is 0 Å². The highest BCUT2D eigenvalue weighted by atomic mass is 16.5. The first-order chi connectivity index (χ1) is 8.19. The van der Waals surface area contributed by atoms with E-state index in [0.29, 0.717) is 11.7 Å². The molecule has 0 radical (unpaired) electrons. The minimum Gasteiger partial charge on any atom is -0.508 e. The van der Waals surface area contributed by atoms with Gasteiger partial charge in [0.1, 0.15) is 5.75 Å². The van der Waals surface area contributed by atoms with Crippen molar-refractivity contribution in [1.82, 2.24) is 4.90 Å². The van der Waals surface area contributed by atoms with Gasteiger partial charge in [0, 0.05) is 25.8 Å². The second-order valence-electron chi connectivity index (χ2n) is 4.98. The van der Waals surface area contributed by atoms with Gasteiger partial charge in [0.2, 0.25) is 0 Å². The summed E-state index contributed by atoms with van der Waals surface area (Å²) in [6.07, 6.45) is 1.19. The molecule has 2 rings (SSSR count). The maximum absolute atomic E-state index is 9.81. The summed E-state index contributed by atoms with van der Waals surface area (Å²) in [4.78, 5) is 2.39. The largest absolute Gasteiger partial charge is 0.508 e. The Bertz CT molecular complexity index is 378. The van der Waals surface area contributed by atoms with Gasteiger partial charge in [-0.3, -0.25) is 4.90 Å². The van der Waals surface area contributed by atoms with Crippen molar-refractivity contribution < 1.29 is 9.84 Å². The number of benzene rings is 1. The second kappa shape index (κ2) is 5.52. The number of likely N-dealkylation sites (tertiary alicyclic amines) is 1. The van der Waals surface area contributed by atoms with Crippen LogP contribution in [0, 0.1) is 12.8 Å². The van der Waals surface area contributed by atoms with Crippen molar-refractivity contribution in [3.63, 3.8) is 0 Å². The molecular weight excluding hydrogens is 214 g/mol. The van der Waals surface area contributed by atoms with E-state index in [-0.39, 0.29) is 0 Å². The van der Waals surface area contributed by atoms with E-state index in [1.54, 1.807) is 13.2 Å². The number of aryl methyl sites for hydroxylation is 1. The molecule has 3 nitrogen and oxygen atoms in total. The molecule has 0 spiro atoms. The van der Waals surface area contributed by atoms with Crippen LogP contribution in [0.15, 0.2) is 18.2 Å². The molecule has 1 saturated heterocycles. The van der Waals surface area contributed by atoms with Crippen LogP contribution >= 0.6 is 0 Å². The molecular formula is C14H21NO2. The number of phenols is 1. The molecule has 0 bridgehead atoms. The average Bonchev–Trinajstić information content (AvgIpc) is 2.72. The molecule has 17 heavy (non-hydrogen) atoms. The third-order valence-electron chi connectivity index (χ3n) is 3.40. The van der Waals surface area contributed by atoms with Crippen molar-refractivity contribution in [3.05, 3.63) is 29.3 Å². The summed E-state index contributed by atoms with van der Waals surface area (Å²) >= 11 is 0. The van der Waals surface area contributed by atoms with Crippen molar-refractivity contribution in [2.75, 3.05) is 26.8 Å². The predicted octanol–water partition coefficient (Wildman–Crippen LogP) is 2.17. The molecule has 1 unspecified atom stereocenters. The van der Waals surface area contributed by atoms with Gasteiger partial charge in [-0.15, -0.1) is 0 Å². The van der Waals surface area contributed by atoms with Crippen LogP contribution in [0.5, 0.6) is 5.75 Å². The SMILES string of the molecule is COCC1CCN(Cc2cc(C)ccc2O)C1. The van der Waals surface area contributed by atoms with Crippen LogP contribution in [-0.2, 0) is 11.3 Å². The summed E-state index contributed by atoms with van der Waals surface area (Å²) < 4.78 is 5.19. The number of methoxy groups -OCH3 is 1. The highest BCUT2D eigenvalue weighted by Crippen LogP contribution is 2.24. The second-order valence-corrected chi connectivity index (χ2v) is 4.98. The molecule has 0 saturated carbocycles. The number of phenolic OH excluding ortho intramolecular Hbond substituents is 1. The third kappa shape index (κ3) is 3.20. The van der Waals surface area contributed by atoms with Crippen molar-refractivity contribution >= 4 is 0 Å². The van der Waals surface area contributed by atoms with Crippen molar-refractivity contribution in [2.24, 2.45) is 5.92 Å². The Balaban J connectivity index is 1.95. The van der Waals surface area contributed by atoms with Gasteiger partial charge in [-0.25, -0.2) is 0 Å². The smallest absolute Gasteiger partial charge is 0.120 e. The number of aromatic hydroxyl groups is 1. The van der Waals surface area contributed by atoms with Gasteiger partial charge >= 0.3 is 0 Å². The lowest BCUT2D eigenvalue weighted by Gasteiger charge is -2.17. The molecule has 0 amide bonds. The fourth-order valence-corrected chi connectivity index (χ4v) is 2.51. The van der Waals surface area contributed by atoms with Gasteiger partial charge < -0.3 is 9.84 Å². The summed E-state index contributed by atoms with van der Waals surface area (Å²) in [7, 11) is 1.76. The van der Waals surface area contributed by atoms with Crippen LogP contribution in [-0.4, -0.2) is 36.8 Å². The number of ether oxygens (including phenoxy) is 1. The first-order valence-electron chi connectivity index (χ1n) is 6.19. The van der Waals surface area contributed by atoms with Gasteiger partial charge in [-0.2, -0.15) is 0 Å². The van der Waals surface area contributed by atoms with E-state index in [2.05, 4.69) is 17.9 Å². The molecule has 0 aromatic heterocycles. The summed E-state index contributed by atoms with van der Waals surface area (Å²) in [6, 6.07) is 5.79. The lowest BCUT2D eigenvalue weighted by atomic mass is 10.1. The van der Waals surface area contributed by atoms with Crippen molar-refractivity contribution in [1.29, 1.82) is 0 Å². The molecule has 3 heteroatoms. The zero-order valence-corrected chi connectivity index (χ0v) is 10.6. The lowest BCUT2D eigenvalue weighted by Crippen LogP contribution is -2.21. The Morgan fingerprint density at radius 3 is 3.06 bits per heavy atom. The molecule has 1 N–H and O–H groups in total. The Hall–Kier alpha value is -1.06. The molecule has 0 aliphatic carbocycles. The monoisotopic (exact) mass is 235 g/mol. The predicted molar refractivity (Wildman–Crippen MR) is 68.1 cm³/mol. The van der Waals surface area contributed by atoms with E-state index < -0.39 is 0 Å². The lowest BCUT2D eigenvalue weighted by molar-refractivity contribution is 0.152. The molecule has 1 aliphatic rings. The highest BCUT2D eigenvalue weighted by Gasteiger charge is 2.22. The van der Waals surface area contributed by atoms with Gasteiger partial charge in [-0.05, 0) is 31.9 Å². The molecule has 1 aromatic rings. The molecule has 1 atom stereocenters. The number of hydrogen-bond acceptors (Lipinski definition) is 3. The van der Waals surface area contributed by atoms with Gasteiger partial charge in [-0.1, -0.05) is 17.7 Å². The number of nitrogens with zero attached hydrogens (tertiary/aromatic N) is 1. The third-order valence-corrected chi connectivity index (χ3v) is 3.40. The molecule has 1 heterocycles. The van der Waals surface area contributed by atoms with Crippen LogP contribution in [0.25, 0.3) is 0 Å². The van der Waals surface area contributed by atoms with Crippen molar-refractivity contribution in [2.45, 2.75) is 19.9 Å². The first kappa shape index (κ1) is 12.4. The average molecular weight is 235 g/mol. The van der Waals surface area contributed by atoms with Crippen molar-refractivity contribution in [3.8, 4) is 5.75 Å². The summed E-state index contributed by atoms with van der Waals surface area (Å²) in [6.45, 7) is 5.91. The molecule has 94 valence electrons. The summed E-state index contributed by atoms with van der Waals surface area (Å²) in [5.74, 6) is 1.05. The Kier molecular flexibility index (Phi) is 4.02. The zero-order valence-electron chi connectivity index (χ0n) is 10.6.